The van der Waals surface area contributed by atoms with E-state index in [1.807, 2.05) is 32.9 Å². The molecule has 2 N–H and O–H groups in total. The fourth-order valence-electron chi connectivity index (χ4n) is 3.17. The highest BCUT2D eigenvalue weighted by molar-refractivity contribution is 5.93. The Labute approximate surface area is 177 Å². The molecular formula is C21H31N3O6. The van der Waals surface area contributed by atoms with Gasteiger partial charge >= 0.3 is 6.09 Å². The monoisotopic (exact) mass is 421 g/mol. The fourth-order valence-corrected chi connectivity index (χ4v) is 3.17. The molecular weight excluding hydrogens is 390 g/mol. The molecule has 1 atom stereocenters. The van der Waals surface area contributed by atoms with Crippen LogP contribution in [0.15, 0.2) is 12.1 Å². The maximum Gasteiger partial charge on any atom is 0.413 e. The highest BCUT2D eigenvalue weighted by atomic mass is 16.5. The van der Waals surface area contributed by atoms with Gasteiger partial charge in [0.2, 0.25) is 11.8 Å². The van der Waals surface area contributed by atoms with Crippen molar-refractivity contribution in [3.8, 4) is 11.5 Å². The lowest BCUT2D eigenvalue weighted by atomic mass is 10.1. The zero-order chi connectivity index (χ0) is 22.1. The molecule has 1 aromatic carbocycles. The Bertz CT molecular complexity index is 767. The molecule has 0 unspecified atom stereocenters. The lowest BCUT2D eigenvalue weighted by Gasteiger charge is -2.19. The number of hydrogen-bond acceptors (Lipinski definition) is 7. The van der Waals surface area contributed by atoms with Gasteiger partial charge in [0, 0.05) is 24.1 Å². The van der Waals surface area contributed by atoms with Crippen molar-refractivity contribution in [1.29, 1.82) is 0 Å². The van der Waals surface area contributed by atoms with Crippen molar-refractivity contribution in [2.45, 2.75) is 46.8 Å². The van der Waals surface area contributed by atoms with E-state index in [1.165, 1.54) is 0 Å². The minimum atomic E-state index is -0.792. The van der Waals surface area contributed by atoms with Gasteiger partial charge < -0.3 is 19.5 Å². The van der Waals surface area contributed by atoms with Gasteiger partial charge in [-0.2, -0.15) is 0 Å². The molecule has 166 valence electrons. The second-order valence-corrected chi connectivity index (χ2v) is 6.98. The number of imide groups is 1. The van der Waals surface area contributed by atoms with Gasteiger partial charge in [-0.15, -0.1) is 0 Å². The van der Waals surface area contributed by atoms with Crippen LogP contribution in [0.2, 0.25) is 0 Å². The normalized spacial score (nSPS) is 14.6. The van der Waals surface area contributed by atoms with Crippen molar-refractivity contribution in [2.24, 2.45) is 0 Å². The maximum atomic E-state index is 12.4. The zero-order valence-electron chi connectivity index (χ0n) is 18.1. The van der Waals surface area contributed by atoms with E-state index in [-0.39, 0.29) is 38.3 Å². The molecule has 9 heteroatoms. The number of benzene rings is 1. The lowest BCUT2D eigenvalue weighted by Crippen LogP contribution is -2.44. The van der Waals surface area contributed by atoms with E-state index in [4.69, 9.17) is 9.47 Å². The summed E-state index contributed by atoms with van der Waals surface area (Å²) in [7, 11) is 0. The highest BCUT2D eigenvalue weighted by Gasteiger charge is 2.22. The molecule has 0 bridgehead atoms. The molecule has 0 radical (unpaired) electrons. The second kappa shape index (κ2) is 11.4. The van der Waals surface area contributed by atoms with Gasteiger partial charge in [0.05, 0.1) is 26.3 Å². The molecule has 1 aromatic rings. The van der Waals surface area contributed by atoms with Crippen LogP contribution in [0.25, 0.3) is 0 Å². The topological polar surface area (TPSA) is 106 Å². The third-order valence-electron chi connectivity index (χ3n) is 4.55. The number of alkyl carbamates (subject to hydrolysis) is 1. The van der Waals surface area contributed by atoms with Gasteiger partial charge in [-0.1, -0.05) is 6.92 Å². The van der Waals surface area contributed by atoms with Crippen molar-refractivity contribution in [1.82, 2.24) is 15.5 Å². The first-order valence-corrected chi connectivity index (χ1v) is 10.3. The Hall–Kier alpha value is -2.81. The fraction of sp³-hybridized carbons (Fsp3) is 0.571. The number of rotatable bonds is 10. The highest BCUT2D eigenvalue weighted by Crippen LogP contribution is 2.35. The van der Waals surface area contributed by atoms with Crippen LogP contribution in [0.4, 0.5) is 4.79 Å². The molecule has 0 aromatic heterocycles. The molecule has 9 nitrogen and oxygen atoms in total. The third-order valence-corrected chi connectivity index (χ3v) is 4.55. The van der Waals surface area contributed by atoms with Crippen LogP contribution in [0.5, 0.6) is 11.5 Å². The number of hydrogen-bond donors (Lipinski definition) is 2. The Morgan fingerprint density at radius 3 is 2.53 bits per heavy atom. The van der Waals surface area contributed by atoms with Crippen LogP contribution in [-0.2, 0) is 27.3 Å². The van der Waals surface area contributed by atoms with Crippen molar-refractivity contribution < 1.29 is 28.6 Å². The van der Waals surface area contributed by atoms with Crippen molar-refractivity contribution in [2.75, 3.05) is 32.8 Å². The summed E-state index contributed by atoms with van der Waals surface area (Å²) in [6.45, 7) is 8.80. The summed E-state index contributed by atoms with van der Waals surface area (Å²) in [5, 5.41) is 4.98. The molecule has 0 spiro atoms. The number of fused-ring (bicyclic) bond motifs is 1. The predicted octanol–water partition coefficient (Wildman–Crippen LogP) is 1.62. The van der Waals surface area contributed by atoms with Crippen LogP contribution in [0.3, 0.4) is 0 Å². The van der Waals surface area contributed by atoms with E-state index < -0.39 is 12.0 Å². The third kappa shape index (κ3) is 6.91. The van der Waals surface area contributed by atoms with Crippen LogP contribution in [-0.4, -0.2) is 61.8 Å². The number of nitrogens with one attached hydrogen (secondary N) is 2. The van der Waals surface area contributed by atoms with Crippen LogP contribution in [0.1, 0.15) is 38.8 Å². The SMILES string of the molecule is CCOC(=O)NC(=O)CN(CC)CC(=O)NCc1cc2c(cc1OCC)C[C@@H](C)O2. The average Bonchev–Trinajstić information content (AvgIpc) is 3.04. The standard InChI is InChI=1S/C21H31N3O6/c1-5-24(13-20(26)23-21(27)29-7-3)12-19(25)22-11-16-10-18-15(8-14(4)30-18)9-17(16)28-6-2/h9-10,14H,5-8,11-13H2,1-4H3,(H,22,25)(H,23,26,27)/t14-/m1/s1. The first-order chi connectivity index (χ1) is 14.4. The molecule has 30 heavy (non-hydrogen) atoms. The number of likely N-dealkylation sites (N-methyl/N-ethyl adjacent to an activating group) is 1. The van der Waals surface area contributed by atoms with E-state index >= 15 is 0 Å². The van der Waals surface area contributed by atoms with Gasteiger partial charge in [0.1, 0.15) is 17.6 Å². The van der Waals surface area contributed by atoms with E-state index in [1.54, 1.807) is 11.8 Å². The summed E-state index contributed by atoms with van der Waals surface area (Å²) >= 11 is 0. The average molecular weight is 421 g/mol. The van der Waals surface area contributed by atoms with Gasteiger partial charge in [-0.3, -0.25) is 19.8 Å². The van der Waals surface area contributed by atoms with Crippen LogP contribution in [0, 0.1) is 0 Å². The van der Waals surface area contributed by atoms with E-state index in [9.17, 15) is 14.4 Å². The molecule has 1 aliphatic rings. The van der Waals surface area contributed by atoms with E-state index in [2.05, 4.69) is 15.4 Å². The number of nitrogens with zero attached hydrogens (tertiary/aromatic N) is 1. The number of ether oxygens (including phenoxy) is 3. The predicted molar refractivity (Wildman–Crippen MR) is 111 cm³/mol. The minimum Gasteiger partial charge on any atom is -0.494 e. The largest absolute Gasteiger partial charge is 0.494 e. The summed E-state index contributed by atoms with van der Waals surface area (Å²) in [4.78, 5) is 37.2. The summed E-state index contributed by atoms with van der Waals surface area (Å²) in [5.41, 5.74) is 1.94. The van der Waals surface area contributed by atoms with Crippen molar-refractivity contribution in [3.05, 3.63) is 23.3 Å². The molecule has 0 saturated carbocycles. The summed E-state index contributed by atoms with van der Waals surface area (Å²) in [6.07, 6.45) is 0.166. The Morgan fingerprint density at radius 1 is 1.13 bits per heavy atom. The molecule has 0 saturated heterocycles. The Balaban J connectivity index is 1.91. The van der Waals surface area contributed by atoms with Crippen LogP contribution >= 0.6 is 0 Å². The quantitative estimate of drug-likeness (QED) is 0.591. The minimum absolute atomic E-state index is 0.0230. The Morgan fingerprint density at radius 2 is 1.87 bits per heavy atom. The van der Waals surface area contributed by atoms with Crippen molar-refractivity contribution >= 4 is 17.9 Å². The van der Waals surface area contributed by atoms with Gasteiger partial charge in [0.25, 0.3) is 0 Å². The van der Waals surface area contributed by atoms with Gasteiger partial charge in [-0.05, 0) is 39.4 Å². The zero-order valence-corrected chi connectivity index (χ0v) is 18.1. The number of carbonyl (C=O) groups is 3. The smallest absolute Gasteiger partial charge is 0.413 e. The first-order valence-electron chi connectivity index (χ1n) is 10.3. The maximum absolute atomic E-state index is 12.4. The lowest BCUT2D eigenvalue weighted by molar-refractivity contribution is -0.124. The van der Waals surface area contributed by atoms with Crippen LogP contribution < -0.4 is 20.1 Å². The van der Waals surface area contributed by atoms with E-state index in [0.717, 1.165) is 29.0 Å². The summed E-state index contributed by atoms with van der Waals surface area (Å²) in [5.74, 6) is 0.793. The Kier molecular flexibility index (Phi) is 8.91. The molecule has 3 amide bonds. The molecule has 1 aliphatic heterocycles. The molecule has 0 aliphatic carbocycles. The number of amides is 3. The second-order valence-electron chi connectivity index (χ2n) is 6.98. The summed E-state index contributed by atoms with van der Waals surface area (Å²) < 4.78 is 16.2. The molecule has 0 fully saturated rings. The number of carbonyl (C=O) groups excluding carboxylic acids is 3. The molecule has 2 rings (SSSR count). The summed E-state index contributed by atoms with van der Waals surface area (Å²) in [6, 6.07) is 3.89. The molecule has 1 heterocycles. The van der Waals surface area contributed by atoms with Crippen molar-refractivity contribution in [3.63, 3.8) is 0 Å². The van der Waals surface area contributed by atoms with Gasteiger partial charge in [0.15, 0.2) is 0 Å². The van der Waals surface area contributed by atoms with E-state index in [0.29, 0.717) is 13.2 Å². The first kappa shape index (κ1) is 23.5. The van der Waals surface area contributed by atoms with Gasteiger partial charge in [-0.25, -0.2) is 4.79 Å².